The number of thiophene rings is 1. The number of esters is 1. The van der Waals surface area contributed by atoms with Gasteiger partial charge in [0.2, 0.25) is 0 Å². The number of carbonyl (C=O) groups excluding carboxylic acids is 1. The summed E-state index contributed by atoms with van der Waals surface area (Å²) in [6.07, 6.45) is 0. The molecule has 130 valence electrons. The van der Waals surface area contributed by atoms with Crippen molar-refractivity contribution in [1.29, 1.82) is 0 Å². The standard InChI is InChI=1S/C18H14N4O3S/c1-9-8-10(2)19-16-13(9)14-15(26-16)17(23)22(21-20-14)12-6-4-11(5-7-12)18(24)25-3/h4-8H,1-3H3. The van der Waals surface area contributed by atoms with Crippen LogP contribution in [-0.4, -0.2) is 33.1 Å². The molecule has 0 spiro atoms. The third-order valence-corrected chi connectivity index (χ3v) is 5.18. The molecule has 0 N–H and O–H groups in total. The Kier molecular flexibility index (Phi) is 3.77. The summed E-state index contributed by atoms with van der Waals surface area (Å²) >= 11 is 1.32. The quantitative estimate of drug-likeness (QED) is 0.507. The molecule has 0 bridgehead atoms. The Bertz CT molecular complexity index is 1230. The molecular formula is C18H14N4O3S. The van der Waals surface area contributed by atoms with E-state index in [1.807, 2.05) is 19.9 Å². The number of carbonyl (C=O) groups is 1. The molecule has 0 saturated carbocycles. The van der Waals surface area contributed by atoms with Crippen molar-refractivity contribution >= 4 is 37.7 Å². The number of fused-ring (bicyclic) bond motifs is 3. The zero-order valence-electron chi connectivity index (χ0n) is 14.3. The van der Waals surface area contributed by atoms with Gasteiger partial charge in [-0.1, -0.05) is 5.21 Å². The summed E-state index contributed by atoms with van der Waals surface area (Å²) in [5.41, 5.74) is 3.15. The first-order chi connectivity index (χ1) is 12.5. The van der Waals surface area contributed by atoms with Crippen LogP contribution in [0, 0.1) is 13.8 Å². The monoisotopic (exact) mass is 366 g/mol. The molecule has 0 amide bonds. The molecule has 7 nitrogen and oxygen atoms in total. The highest BCUT2D eigenvalue weighted by molar-refractivity contribution is 7.25. The van der Waals surface area contributed by atoms with Crippen LogP contribution in [0.4, 0.5) is 0 Å². The van der Waals surface area contributed by atoms with E-state index >= 15 is 0 Å². The van der Waals surface area contributed by atoms with Gasteiger partial charge in [-0.15, -0.1) is 16.4 Å². The number of aromatic nitrogens is 4. The number of ether oxygens (including phenoxy) is 1. The van der Waals surface area contributed by atoms with Crippen molar-refractivity contribution < 1.29 is 9.53 Å². The third kappa shape index (κ3) is 2.46. The lowest BCUT2D eigenvalue weighted by atomic mass is 10.1. The number of pyridine rings is 1. The molecule has 0 aliphatic rings. The van der Waals surface area contributed by atoms with Gasteiger partial charge in [0.15, 0.2) is 0 Å². The number of rotatable bonds is 2. The van der Waals surface area contributed by atoms with Gasteiger partial charge in [-0.2, -0.15) is 4.68 Å². The van der Waals surface area contributed by atoms with E-state index in [0.29, 0.717) is 21.5 Å². The smallest absolute Gasteiger partial charge is 0.337 e. The minimum absolute atomic E-state index is 0.263. The van der Waals surface area contributed by atoms with Gasteiger partial charge in [-0.25, -0.2) is 9.78 Å². The Morgan fingerprint density at radius 3 is 2.62 bits per heavy atom. The Hall–Kier alpha value is -3.13. The van der Waals surface area contributed by atoms with Gasteiger partial charge in [0.1, 0.15) is 15.0 Å². The Labute approximate surface area is 151 Å². The van der Waals surface area contributed by atoms with Crippen molar-refractivity contribution in [2.24, 2.45) is 0 Å². The van der Waals surface area contributed by atoms with Gasteiger partial charge in [0.25, 0.3) is 5.56 Å². The van der Waals surface area contributed by atoms with Crippen LogP contribution in [0.2, 0.25) is 0 Å². The predicted octanol–water partition coefficient (Wildman–Crippen LogP) is 2.79. The second-order valence-corrected chi connectivity index (χ2v) is 6.88. The fraction of sp³-hybridized carbons (Fsp3) is 0.167. The largest absolute Gasteiger partial charge is 0.465 e. The van der Waals surface area contributed by atoms with Crippen molar-refractivity contribution in [2.75, 3.05) is 7.11 Å². The topological polar surface area (TPSA) is 87.0 Å². The second kappa shape index (κ2) is 5.99. The SMILES string of the molecule is COC(=O)c1ccc(-n2nnc3c(sc4nc(C)cc(C)c43)c2=O)cc1. The number of benzene rings is 1. The van der Waals surface area contributed by atoms with Crippen LogP contribution in [-0.2, 0) is 4.74 Å². The van der Waals surface area contributed by atoms with Crippen LogP contribution in [0.15, 0.2) is 35.1 Å². The molecule has 8 heteroatoms. The molecule has 3 heterocycles. The van der Waals surface area contributed by atoms with Crippen LogP contribution < -0.4 is 5.56 Å². The third-order valence-electron chi connectivity index (χ3n) is 4.12. The number of hydrogen-bond donors (Lipinski definition) is 0. The molecule has 0 fully saturated rings. The highest BCUT2D eigenvalue weighted by Gasteiger charge is 2.16. The Morgan fingerprint density at radius 2 is 1.92 bits per heavy atom. The zero-order valence-corrected chi connectivity index (χ0v) is 15.1. The maximum Gasteiger partial charge on any atom is 0.337 e. The first kappa shape index (κ1) is 16.3. The van der Waals surface area contributed by atoms with E-state index in [0.717, 1.165) is 21.5 Å². The fourth-order valence-corrected chi connectivity index (χ4v) is 4.07. The highest BCUT2D eigenvalue weighted by Crippen LogP contribution is 2.31. The average molecular weight is 366 g/mol. The first-order valence-electron chi connectivity index (χ1n) is 7.85. The number of methoxy groups -OCH3 is 1. The van der Waals surface area contributed by atoms with Crippen LogP contribution >= 0.6 is 11.3 Å². The summed E-state index contributed by atoms with van der Waals surface area (Å²) in [4.78, 5) is 29.7. The second-order valence-electron chi connectivity index (χ2n) is 5.89. The summed E-state index contributed by atoms with van der Waals surface area (Å²) < 4.78 is 6.41. The Balaban J connectivity index is 1.91. The van der Waals surface area contributed by atoms with Gasteiger partial charge < -0.3 is 4.74 Å². The van der Waals surface area contributed by atoms with Gasteiger partial charge in [-0.3, -0.25) is 4.79 Å². The maximum absolute atomic E-state index is 12.9. The van der Waals surface area contributed by atoms with Crippen LogP contribution in [0.25, 0.3) is 26.1 Å². The normalized spacial score (nSPS) is 11.2. The summed E-state index contributed by atoms with van der Waals surface area (Å²) in [6, 6.07) is 8.40. The van der Waals surface area contributed by atoms with E-state index in [2.05, 4.69) is 20.0 Å². The van der Waals surface area contributed by atoms with E-state index in [1.54, 1.807) is 24.3 Å². The molecule has 0 aliphatic heterocycles. The number of aryl methyl sites for hydroxylation is 2. The zero-order chi connectivity index (χ0) is 18.4. The van der Waals surface area contributed by atoms with Crippen molar-refractivity contribution in [3.05, 3.63) is 57.5 Å². The van der Waals surface area contributed by atoms with Crippen molar-refractivity contribution in [3.8, 4) is 5.69 Å². The molecule has 0 aliphatic carbocycles. The lowest BCUT2D eigenvalue weighted by molar-refractivity contribution is 0.0600. The molecule has 0 atom stereocenters. The van der Waals surface area contributed by atoms with E-state index in [9.17, 15) is 9.59 Å². The molecule has 3 aromatic heterocycles. The predicted molar refractivity (Wildman–Crippen MR) is 99.1 cm³/mol. The van der Waals surface area contributed by atoms with Gasteiger partial charge >= 0.3 is 5.97 Å². The summed E-state index contributed by atoms with van der Waals surface area (Å²) in [5, 5.41) is 9.21. The molecule has 1 aromatic carbocycles. The van der Waals surface area contributed by atoms with Gasteiger partial charge in [0, 0.05) is 11.1 Å². The van der Waals surface area contributed by atoms with E-state index in [4.69, 9.17) is 0 Å². The fourth-order valence-electron chi connectivity index (χ4n) is 2.92. The lowest BCUT2D eigenvalue weighted by Gasteiger charge is -2.04. The molecule has 0 radical (unpaired) electrons. The molecule has 4 rings (SSSR count). The number of nitrogens with zero attached hydrogens (tertiary/aromatic N) is 4. The van der Waals surface area contributed by atoms with Gasteiger partial charge in [-0.05, 0) is 49.7 Å². The molecule has 0 saturated heterocycles. The van der Waals surface area contributed by atoms with Crippen molar-refractivity contribution in [1.82, 2.24) is 20.0 Å². The van der Waals surface area contributed by atoms with Crippen molar-refractivity contribution in [3.63, 3.8) is 0 Å². The molecule has 26 heavy (non-hydrogen) atoms. The van der Waals surface area contributed by atoms with Gasteiger partial charge in [0.05, 0.1) is 18.4 Å². The summed E-state index contributed by atoms with van der Waals surface area (Å²) in [5.74, 6) is -0.438. The van der Waals surface area contributed by atoms with E-state index < -0.39 is 5.97 Å². The summed E-state index contributed by atoms with van der Waals surface area (Å²) in [7, 11) is 1.32. The lowest BCUT2D eigenvalue weighted by Crippen LogP contribution is -2.21. The van der Waals surface area contributed by atoms with Crippen LogP contribution in [0.3, 0.4) is 0 Å². The van der Waals surface area contributed by atoms with E-state index in [-0.39, 0.29) is 5.56 Å². The highest BCUT2D eigenvalue weighted by atomic mass is 32.1. The molecular weight excluding hydrogens is 352 g/mol. The van der Waals surface area contributed by atoms with Crippen molar-refractivity contribution in [2.45, 2.75) is 13.8 Å². The maximum atomic E-state index is 12.9. The summed E-state index contributed by atoms with van der Waals surface area (Å²) in [6.45, 7) is 3.89. The minimum atomic E-state index is -0.438. The number of hydrogen-bond acceptors (Lipinski definition) is 7. The Morgan fingerprint density at radius 1 is 1.19 bits per heavy atom. The first-order valence-corrected chi connectivity index (χ1v) is 8.66. The van der Waals surface area contributed by atoms with E-state index in [1.165, 1.54) is 23.1 Å². The molecule has 0 unspecified atom stereocenters. The van der Waals surface area contributed by atoms with Crippen LogP contribution in [0.5, 0.6) is 0 Å². The minimum Gasteiger partial charge on any atom is -0.465 e. The van der Waals surface area contributed by atoms with Crippen LogP contribution in [0.1, 0.15) is 21.6 Å². The average Bonchev–Trinajstić information content (AvgIpc) is 3.01. The molecule has 4 aromatic rings.